The van der Waals surface area contributed by atoms with Gasteiger partial charge in [0.2, 0.25) is 10.0 Å². The molecule has 0 unspecified atom stereocenters. The summed E-state index contributed by atoms with van der Waals surface area (Å²) in [6.07, 6.45) is 3.16. The van der Waals surface area contributed by atoms with Gasteiger partial charge in [-0.25, -0.2) is 13.1 Å². The smallest absolute Gasteiger partial charge is 0.241 e. The summed E-state index contributed by atoms with van der Waals surface area (Å²) in [4.78, 5) is 0.287. The van der Waals surface area contributed by atoms with Crippen molar-refractivity contribution >= 4 is 10.0 Å². The fourth-order valence-corrected chi connectivity index (χ4v) is 3.66. The Balaban J connectivity index is 2.82. The summed E-state index contributed by atoms with van der Waals surface area (Å²) in [6, 6.07) is 6.85. The maximum Gasteiger partial charge on any atom is 0.241 e. The van der Waals surface area contributed by atoms with Gasteiger partial charge < -0.3 is 5.11 Å². The third-order valence-electron chi connectivity index (χ3n) is 3.14. The van der Waals surface area contributed by atoms with E-state index in [9.17, 15) is 8.42 Å². The van der Waals surface area contributed by atoms with Crippen molar-refractivity contribution < 1.29 is 13.5 Å². The number of sulfonamides is 1. The Labute approximate surface area is 122 Å². The standard InChI is InChI=1S/C15H25NO3S/c1-4-11-15(2,3)16-20(18,19)14-9-7-13(8-10-14)6-5-12-17/h7-10,16-17H,4-6,11-12H2,1-3H3. The van der Waals surface area contributed by atoms with Crippen LogP contribution in [-0.2, 0) is 16.4 Å². The van der Waals surface area contributed by atoms with Gasteiger partial charge >= 0.3 is 0 Å². The third kappa shape index (κ3) is 5.23. The van der Waals surface area contributed by atoms with Crippen LogP contribution in [0, 0.1) is 0 Å². The monoisotopic (exact) mass is 299 g/mol. The number of rotatable bonds is 8. The van der Waals surface area contributed by atoms with Crippen LogP contribution in [0.5, 0.6) is 0 Å². The summed E-state index contributed by atoms with van der Waals surface area (Å²) in [6.45, 7) is 5.96. The lowest BCUT2D eigenvalue weighted by atomic mass is 10.0. The Bertz CT molecular complexity index is 506. The third-order valence-corrected chi connectivity index (χ3v) is 4.86. The first-order chi connectivity index (χ1) is 9.30. The quantitative estimate of drug-likeness (QED) is 0.775. The van der Waals surface area contributed by atoms with Gasteiger partial charge in [-0.05, 0) is 50.8 Å². The Hall–Kier alpha value is -0.910. The number of aliphatic hydroxyl groups is 1. The second kappa shape index (κ2) is 7.20. The second-order valence-corrected chi connectivity index (χ2v) is 7.39. The highest BCUT2D eigenvalue weighted by molar-refractivity contribution is 7.89. The van der Waals surface area contributed by atoms with Crippen LogP contribution in [0.15, 0.2) is 29.2 Å². The molecule has 114 valence electrons. The number of aliphatic hydroxyl groups excluding tert-OH is 1. The molecule has 2 N–H and O–H groups in total. The van der Waals surface area contributed by atoms with Crippen molar-refractivity contribution in [2.45, 2.75) is 56.9 Å². The number of hydrogen-bond acceptors (Lipinski definition) is 3. The van der Waals surface area contributed by atoms with Crippen molar-refractivity contribution in [3.05, 3.63) is 29.8 Å². The van der Waals surface area contributed by atoms with Gasteiger partial charge in [0.25, 0.3) is 0 Å². The van der Waals surface area contributed by atoms with Gasteiger partial charge in [-0.2, -0.15) is 0 Å². The molecular weight excluding hydrogens is 274 g/mol. The van der Waals surface area contributed by atoms with Crippen LogP contribution in [-0.4, -0.2) is 25.7 Å². The lowest BCUT2D eigenvalue weighted by Gasteiger charge is -2.25. The van der Waals surface area contributed by atoms with Crippen LogP contribution in [0.4, 0.5) is 0 Å². The van der Waals surface area contributed by atoms with Crippen LogP contribution in [0.1, 0.15) is 45.6 Å². The maximum atomic E-state index is 12.3. The van der Waals surface area contributed by atoms with Crippen LogP contribution in [0.3, 0.4) is 0 Å². The highest BCUT2D eigenvalue weighted by Gasteiger charge is 2.25. The zero-order valence-corrected chi connectivity index (χ0v) is 13.3. The van der Waals surface area contributed by atoms with Gasteiger partial charge in [0.05, 0.1) is 4.90 Å². The zero-order chi connectivity index (χ0) is 15.2. The number of hydrogen-bond donors (Lipinski definition) is 2. The molecule has 4 nitrogen and oxygen atoms in total. The second-order valence-electron chi connectivity index (χ2n) is 5.71. The van der Waals surface area contributed by atoms with Gasteiger partial charge in [-0.1, -0.05) is 25.5 Å². The fraction of sp³-hybridized carbons (Fsp3) is 0.600. The summed E-state index contributed by atoms with van der Waals surface area (Å²) in [5, 5.41) is 8.78. The van der Waals surface area contributed by atoms with Gasteiger partial charge in [-0.3, -0.25) is 0 Å². The maximum absolute atomic E-state index is 12.3. The van der Waals surface area contributed by atoms with E-state index in [0.717, 1.165) is 24.8 Å². The van der Waals surface area contributed by atoms with Crippen molar-refractivity contribution in [2.75, 3.05) is 6.61 Å². The first kappa shape index (κ1) is 17.1. The lowest BCUT2D eigenvalue weighted by molar-refractivity contribution is 0.288. The van der Waals surface area contributed by atoms with Gasteiger partial charge in [0.1, 0.15) is 0 Å². The van der Waals surface area contributed by atoms with E-state index < -0.39 is 15.6 Å². The molecule has 0 saturated carbocycles. The van der Waals surface area contributed by atoms with Crippen LogP contribution in [0.25, 0.3) is 0 Å². The molecule has 0 aliphatic heterocycles. The van der Waals surface area contributed by atoms with E-state index in [1.54, 1.807) is 24.3 Å². The van der Waals surface area contributed by atoms with Gasteiger partial charge in [-0.15, -0.1) is 0 Å². The summed E-state index contributed by atoms with van der Waals surface area (Å²) in [5.74, 6) is 0. The molecule has 0 heterocycles. The number of benzene rings is 1. The number of aryl methyl sites for hydroxylation is 1. The van der Waals surface area contributed by atoms with E-state index in [1.165, 1.54) is 0 Å². The van der Waals surface area contributed by atoms with E-state index in [2.05, 4.69) is 4.72 Å². The topological polar surface area (TPSA) is 66.4 Å². The SMILES string of the molecule is CCCC(C)(C)NS(=O)(=O)c1ccc(CCCO)cc1. The van der Waals surface area contributed by atoms with Crippen LogP contribution < -0.4 is 4.72 Å². The molecule has 0 atom stereocenters. The molecule has 0 aliphatic rings. The minimum atomic E-state index is -3.48. The molecule has 0 saturated heterocycles. The Morgan fingerprint density at radius 3 is 2.30 bits per heavy atom. The lowest BCUT2D eigenvalue weighted by Crippen LogP contribution is -2.43. The van der Waals surface area contributed by atoms with Crippen molar-refractivity contribution in [1.29, 1.82) is 0 Å². The molecule has 1 aromatic rings. The van der Waals surface area contributed by atoms with E-state index in [-0.39, 0.29) is 11.5 Å². The Kier molecular flexibility index (Phi) is 6.17. The molecule has 0 bridgehead atoms. The van der Waals surface area contributed by atoms with Crippen molar-refractivity contribution in [2.24, 2.45) is 0 Å². The molecule has 0 amide bonds. The predicted molar refractivity (Wildman–Crippen MR) is 81.2 cm³/mol. The van der Waals surface area contributed by atoms with Crippen LogP contribution in [0.2, 0.25) is 0 Å². The van der Waals surface area contributed by atoms with Gasteiger partial charge in [0.15, 0.2) is 0 Å². The molecule has 0 radical (unpaired) electrons. The first-order valence-electron chi connectivity index (χ1n) is 7.04. The number of nitrogens with one attached hydrogen (secondary N) is 1. The molecule has 1 rings (SSSR count). The molecule has 1 aromatic carbocycles. The molecule has 0 aliphatic carbocycles. The van der Waals surface area contributed by atoms with E-state index in [1.807, 2.05) is 20.8 Å². The summed E-state index contributed by atoms with van der Waals surface area (Å²) >= 11 is 0. The molecule has 0 aromatic heterocycles. The minimum Gasteiger partial charge on any atom is -0.396 e. The van der Waals surface area contributed by atoms with Crippen molar-refractivity contribution in [3.63, 3.8) is 0 Å². The fourth-order valence-electron chi connectivity index (χ4n) is 2.22. The molecule has 0 spiro atoms. The van der Waals surface area contributed by atoms with E-state index in [0.29, 0.717) is 6.42 Å². The highest BCUT2D eigenvalue weighted by Crippen LogP contribution is 2.17. The summed E-state index contributed by atoms with van der Waals surface area (Å²) < 4.78 is 27.3. The molecule has 0 fully saturated rings. The minimum absolute atomic E-state index is 0.146. The summed E-state index contributed by atoms with van der Waals surface area (Å²) in [7, 11) is -3.48. The average Bonchev–Trinajstić information content (AvgIpc) is 2.35. The first-order valence-corrected chi connectivity index (χ1v) is 8.53. The molecular formula is C15H25NO3S. The molecule has 5 heteroatoms. The Morgan fingerprint density at radius 1 is 1.20 bits per heavy atom. The summed E-state index contributed by atoms with van der Waals surface area (Å²) in [5.41, 5.74) is 0.592. The highest BCUT2D eigenvalue weighted by atomic mass is 32.2. The van der Waals surface area contributed by atoms with Crippen molar-refractivity contribution in [1.82, 2.24) is 4.72 Å². The largest absolute Gasteiger partial charge is 0.396 e. The normalized spacial score (nSPS) is 12.6. The average molecular weight is 299 g/mol. The predicted octanol–water partition coefficient (Wildman–Crippen LogP) is 2.47. The van der Waals surface area contributed by atoms with Gasteiger partial charge in [0, 0.05) is 12.1 Å². The van der Waals surface area contributed by atoms with Crippen LogP contribution >= 0.6 is 0 Å². The van der Waals surface area contributed by atoms with E-state index >= 15 is 0 Å². The molecule has 20 heavy (non-hydrogen) atoms. The van der Waals surface area contributed by atoms with Crippen molar-refractivity contribution in [3.8, 4) is 0 Å². The van der Waals surface area contributed by atoms with E-state index in [4.69, 9.17) is 5.11 Å². The zero-order valence-electron chi connectivity index (χ0n) is 12.5. The Morgan fingerprint density at radius 2 is 1.80 bits per heavy atom.